The van der Waals surface area contributed by atoms with Crippen molar-refractivity contribution in [2.75, 3.05) is 11.1 Å². The molecule has 1 aromatic carbocycles. The molecule has 6 nitrogen and oxygen atoms in total. The van der Waals surface area contributed by atoms with E-state index in [9.17, 15) is 14.7 Å². The summed E-state index contributed by atoms with van der Waals surface area (Å²) < 4.78 is 1.52. The summed E-state index contributed by atoms with van der Waals surface area (Å²) in [7, 11) is 0. The number of phenolic OH excluding ortho intramolecular Hbond substituents is 1. The van der Waals surface area contributed by atoms with Crippen molar-refractivity contribution in [2.45, 2.75) is 25.5 Å². The third-order valence-corrected chi connectivity index (χ3v) is 5.73. The molecule has 0 bridgehead atoms. The van der Waals surface area contributed by atoms with E-state index < -0.39 is 0 Å². The van der Waals surface area contributed by atoms with Crippen LogP contribution < -0.4 is 10.9 Å². The molecule has 0 saturated heterocycles. The summed E-state index contributed by atoms with van der Waals surface area (Å²) in [5.41, 5.74) is 1.15. The average Bonchev–Trinajstić information content (AvgIpc) is 3.00. The van der Waals surface area contributed by atoms with E-state index in [4.69, 9.17) is 0 Å². The molecule has 140 valence electrons. The minimum absolute atomic E-state index is 0.0103. The van der Waals surface area contributed by atoms with E-state index in [1.165, 1.54) is 33.7 Å². The Hall–Kier alpha value is -2.58. The van der Waals surface area contributed by atoms with Crippen molar-refractivity contribution in [1.29, 1.82) is 0 Å². The molecule has 0 aliphatic carbocycles. The fourth-order valence-corrected chi connectivity index (χ4v) is 4.31. The minimum atomic E-state index is -0.289. The number of carbonyl (C=O) groups is 1. The number of hydrogen-bond acceptors (Lipinski definition) is 6. The maximum atomic E-state index is 12.7. The lowest BCUT2D eigenvalue weighted by molar-refractivity contribution is -0.113. The zero-order valence-corrected chi connectivity index (χ0v) is 16.6. The molecule has 2 aromatic heterocycles. The van der Waals surface area contributed by atoms with Crippen molar-refractivity contribution in [3.05, 3.63) is 57.7 Å². The minimum Gasteiger partial charge on any atom is -0.506 e. The molecule has 0 fully saturated rings. The Bertz CT molecular complexity index is 1090. The van der Waals surface area contributed by atoms with E-state index in [1.54, 1.807) is 18.2 Å². The maximum Gasteiger partial charge on any atom is 0.263 e. The van der Waals surface area contributed by atoms with Crippen LogP contribution in [0.25, 0.3) is 10.2 Å². The van der Waals surface area contributed by atoms with E-state index >= 15 is 0 Å². The third kappa shape index (κ3) is 4.23. The molecule has 0 unspecified atom stereocenters. The first-order valence-electron chi connectivity index (χ1n) is 8.23. The second-order valence-electron chi connectivity index (χ2n) is 6.03. The second kappa shape index (κ2) is 7.98. The van der Waals surface area contributed by atoms with Gasteiger partial charge in [-0.1, -0.05) is 23.9 Å². The quantitative estimate of drug-likeness (QED) is 0.285. The number of fused-ring (bicyclic) bond motifs is 1. The number of thiophene rings is 1. The van der Waals surface area contributed by atoms with Gasteiger partial charge >= 0.3 is 0 Å². The Morgan fingerprint density at radius 1 is 1.41 bits per heavy atom. The van der Waals surface area contributed by atoms with E-state index in [1.807, 2.05) is 19.9 Å². The van der Waals surface area contributed by atoms with Crippen molar-refractivity contribution in [3.63, 3.8) is 0 Å². The molecule has 27 heavy (non-hydrogen) atoms. The third-order valence-electron chi connectivity index (χ3n) is 3.81. The average molecular weight is 402 g/mol. The van der Waals surface area contributed by atoms with Gasteiger partial charge in [0.1, 0.15) is 10.6 Å². The molecule has 2 heterocycles. The SMILES string of the molecule is C=CCn1c(SCC(=O)Nc2cc(C)ccc2O)nc2sc(C)cc2c1=O. The molecule has 0 aliphatic rings. The number of amides is 1. The van der Waals surface area contributed by atoms with Crippen LogP contribution in [0.1, 0.15) is 10.4 Å². The van der Waals surface area contributed by atoms with Crippen LogP contribution in [-0.4, -0.2) is 26.3 Å². The van der Waals surface area contributed by atoms with Crippen LogP contribution in [0.15, 0.2) is 46.9 Å². The summed E-state index contributed by atoms with van der Waals surface area (Å²) in [5.74, 6) is -0.216. The van der Waals surface area contributed by atoms with E-state index in [2.05, 4.69) is 16.9 Å². The molecular weight excluding hydrogens is 382 g/mol. The number of aromatic nitrogens is 2. The Morgan fingerprint density at radius 2 is 2.19 bits per heavy atom. The smallest absolute Gasteiger partial charge is 0.263 e. The Kier molecular flexibility index (Phi) is 5.67. The van der Waals surface area contributed by atoms with Gasteiger partial charge in [0.15, 0.2) is 5.16 Å². The molecular formula is C19H19N3O3S2. The van der Waals surface area contributed by atoms with Crippen LogP contribution >= 0.6 is 23.1 Å². The summed E-state index contributed by atoms with van der Waals surface area (Å²) in [6.07, 6.45) is 1.63. The molecule has 0 spiro atoms. The Morgan fingerprint density at radius 3 is 2.93 bits per heavy atom. The van der Waals surface area contributed by atoms with Gasteiger partial charge in [-0.15, -0.1) is 17.9 Å². The normalized spacial score (nSPS) is 10.9. The van der Waals surface area contributed by atoms with Crippen LogP contribution in [-0.2, 0) is 11.3 Å². The number of anilines is 1. The molecule has 0 saturated carbocycles. The monoisotopic (exact) mass is 401 g/mol. The van der Waals surface area contributed by atoms with Crippen molar-refractivity contribution >= 4 is 44.9 Å². The number of nitrogens with one attached hydrogen (secondary N) is 1. The zero-order chi connectivity index (χ0) is 19.6. The molecule has 0 radical (unpaired) electrons. The van der Waals surface area contributed by atoms with Crippen LogP contribution in [0, 0.1) is 13.8 Å². The lowest BCUT2D eigenvalue weighted by Gasteiger charge is -2.11. The second-order valence-corrected chi connectivity index (χ2v) is 8.21. The van der Waals surface area contributed by atoms with E-state index in [0.29, 0.717) is 27.6 Å². The highest BCUT2D eigenvalue weighted by Crippen LogP contribution is 2.26. The fraction of sp³-hybridized carbons (Fsp3) is 0.211. The van der Waals surface area contributed by atoms with Gasteiger partial charge in [0.2, 0.25) is 5.91 Å². The molecule has 3 rings (SSSR count). The van der Waals surface area contributed by atoms with Crippen LogP contribution in [0.5, 0.6) is 5.75 Å². The van der Waals surface area contributed by atoms with Crippen LogP contribution in [0.3, 0.4) is 0 Å². The number of benzene rings is 1. The van der Waals surface area contributed by atoms with Crippen LogP contribution in [0.2, 0.25) is 0 Å². The summed E-state index contributed by atoms with van der Waals surface area (Å²) in [4.78, 5) is 31.2. The van der Waals surface area contributed by atoms with Crippen molar-refractivity contribution in [1.82, 2.24) is 9.55 Å². The van der Waals surface area contributed by atoms with Gasteiger partial charge in [-0.2, -0.15) is 0 Å². The molecule has 0 atom stereocenters. The molecule has 2 N–H and O–H groups in total. The van der Waals surface area contributed by atoms with Crippen LogP contribution in [0.4, 0.5) is 5.69 Å². The van der Waals surface area contributed by atoms with Crippen molar-refractivity contribution in [3.8, 4) is 5.75 Å². The number of thioether (sulfide) groups is 1. The van der Waals surface area contributed by atoms with Gasteiger partial charge < -0.3 is 10.4 Å². The molecule has 0 aliphatic heterocycles. The van der Waals surface area contributed by atoms with E-state index in [-0.39, 0.29) is 23.0 Å². The number of aromatic hydroxyl groups is 1. The highest BCUT2D eigenvalue weighted by atomic mass is 32.2. The predicted molar refractivity (Wildman–Crippen MR) is 111 cm³/mol. The number of aryl methyl sites for hydroxylation is 2. The fourth-order valence-electron chi connectivity index (χ4n) is 2.58. The zero-order valence-electron chi connectivity index (χ0n) is 15.0. The number of phenols is 1. The lowest BCUT2D eigenvalue weighted by atomic mass is 10.2. The van der Waals surface area contributed by atoms with Gasteiger partial charge in [-0.3, -0.25) is 14.2 Å². The van der Waals surface area contributed by atoms with Gasteiger partial charge in [0.25, 0.3) is 5.56 Å². The summed E-state index contributed by atoms with van der Waals surface area (Å²) in [6.45, 7) is 7.81. The predicted octanol–water partition coefficient (Wildman–Crippen LogP) is 3.70. The highest BCUT2D eigenvalue weighted by molar-refractivity contribution is 7.99. The van der Waals surface area contributed by atoms with E-state index in [0.717, 1.165) is 10.4 Å². The first kappa shape index (κ1) is 19.2. The van der Waals surface area contributed by atoms with Crippen molar-refractivity contribution in [2.24, 2.45) is 0 Å². The number of rotatable bonds is 6. The first-order chi connectivity index (χ1) is 12.9. The standard InChI is InChI=1S/C19H19N3O3S2/c1-4-7-22-18(25)13-9-12(3)27-17(13)21-19(22)26-10-16(24)20-14-8-11(2)5-6-15(14)23/h4-6,8-9,23H,1,7,10H2,2-3H3,(H,20,24). The molecule has 1 amide bonds. The number of carbonyl (C=O) groups excluding carboxylic acids is 1. The van der Waals surface area contributed by atoms with Gasteiger partial charge in [0.05, 0.1) is 16.8 Å². The number of hydrogen-bond donors (Lipinski definition) is 2. The molecule has 8 heteroatoms. The Balaban J connectivity index is 1.82. The highest BCUT2D eigenvalue weighted by Gasteiger charge is 2.15. The number of allylic oxidation sites excluding steroid dienone is 1. The lowest BCUT2D eigenvalue weighted by Crippen LogP contribution is -2.23. The number of nitrogens with zero attached hydrogens (tertiary/aromatic N) is 2. The Labute approximate surface area is 164 Å². The van der Waals surface area contributed by atoms with Gasteiger partial charge in [-0.05, 0) is 37.6 Å². The maximum absolute atomic E-state index is 12.7. The molecule has 3 aromatic rings. The van der Waals surface area contributed by atoms with Crippen molar-refractivity contribution < 1.29 is 9.90 Å². The largest absolute Gasteiger partial charge is 0.506 e. The topological polar surface area (TPSA) is 84.2 Å². The van der Waals surface area contributed by atoms with Gasteiger partial charge in [-0.25, -0.2) is 4.98 Å². The first-order valence-corrected chi connectivity index (χ1v) is 10.0. The summed E-state index contributed by atoms with van der Waals surface area (Å²) in [5, 5.41) is 13.6. The summed E-state index contributed by atoms with van der Waals surface area (Å²) >= 11 is 2.63. The van der Waals surface area contributed by atoms with Gasteiger partial charge in [0, 0.05) is 11.4 Å². The summed E-state index contributed by atoms with van der Waals surface area (Å²) in [6, 6.07) is 6.82.